The number of nitrogens with one attached hydrogen (secondary N) is 1. The molecule has 0 aromatic heterocycles. The maximum absolute atomic E-state index is 12.6. The second kappa shape index (κ2) is 7.78. The Balaban J connectivity index is 1.64. The molecule has 138 valence electrons. The first-order valence-corrected chi connectivity index (χ1v) is 10.1. The number of carbonyl (C=O) groups excluding carboxylic acids is 1. The fraction of sp³-hybridized carbons (Fsp3) is 0.316. The number of amides is 1. The van der Waals surface area contributed by atoms with E-state index in [1.165, 1.54) is 19.2 Å². The average Bonchev–Trinajstić information content (AvgIpc) is 2.88. The monoisotopic (exact) mass is 374 g/mol. The first-order valence-electron chi connectivity index (χ1n) is 8.46. The van der Waals surface area contributed by atoms with Crippen molar-refractivity contribution in [2.75, 3.05) is 31.3 Å². The number of ether oxygens (including phenoxy) is 1. The summed E-state index contributed by atoms with van der Waals surface area (Å²) < 4.78 is 30.0. The predicted molar refractivity (Wildman–Crippen MR) is 100 cm³/mol. The van der Waals surface area contributed by atoms with Gasteiger partial charge in [-0.1, -0.05) is 18.2 Å². The predicted octanol–water partition coefficient (Wildman–Crippen LogP) is 2.31. The summed E-state index contributed by atoms with van der Waals surface area (Å²) in [5.41, 5.74) is 2.06. The Kier molecular flexibility index (Phi) is 5.46. The maximum Gasteiger partial charge on any atom is 0.223 e. The van der Waals surface area contributed by atoms with E-state index in [1.54, 1.807) is 17.0 Å². The molecular weight excluding hydrogens is 352 g/mol. The highest BCUT2D eigenvalue weighted by Crippen LogP contribution is 2.21. The van der Waals surface area contributed by atoms with Crippen molar-refractivity contribution in [3.05, 3.63) is 54.1 Å². The Labute approximate surface area is 153 Å². The topological polar surface area (TPSA) is 75.7 Å². The lowest BCUT2D eigenvalue weighted by Crippen LogP contribution is -2.33. The van der Waals surface area contributed by atoms with Gasteiger partial charge in [0.1, 0.15) is 5.75 Å². The number of nitrogens with zero attached hydrogens (tertiary/aromatic N) is 1. The number of carbonyl (C=O) groups is 1. The molecule has 2 aromatic carbocycles. The minimum Gasteiger partial charge on any atom is -0.497 e. The van der Waals surface area contributed by atoms with E-state index in [9.17, 15) is 13.2 Å². The molecule has 1 heterocycles. The lowest BCUT2D eigenvalue weighted by molar-refractivity contribution is -0.131. The summed E-state index contributed by atoms with van der Waals surface area (Å²) in [6.07, 6.45) is -0.0312. The van der Waals surface area contributed by atoms with Crippen LogP contribution in [0.15, 0.2) is 53.4 Å². The Morgan fingerprint density at radius 2 is 1.88 bits per heavy atom. The zero-order chi connectivity index (χ0) is 18.6. The van der Waals surface area contributed by atoms with Crippen molar-refractivity contribution in [3.63, 3.8) is 0 Å². The normalized spacial score (nSPS) is 14.1. The number of methoxy groups -OCH3 is 1. The average molecular weight is 374 g/mol. The number of fused-ring (bicyclic) bond motifs is 1. The number of rotatable bonds is 5. The molecule has 0 spiro atoms. The lowest BCUT2D eigenvalue weighted by Gasteiger charge is -2.20. The number of sulfone groups is 1. The third kappa shape index (κ3) is 4.16. The van der Waals surface area contributed by atoms with E-state index in [0.29, 0.717) is 25.4 Å². The van der Waals surface area contributed by atoms with Gasteiger partial charge in [0.25, 0.3) is 0 Å². The first kappa shape index (κ1) is 18.3. The van der Waals surface area contributed by atoms with Crippen molar-refractivity contribution >= 4 is 21.4 Å². The van der Waals surface area contributed by atoms with E-state index in [1.807, 2.05) is 24.3 Å². The third-order valence-electron chi connectivity index (χ3n) is 4.43. The molecule has 1 aliphatic rings. The summed E-state index contributed by atoms with van der Waals surface area (Å²) in [6, 6.07) is 14.1. The summed E-state index contributed by atoms with van der Waals surface area (Å²) in [7, 11) is -1.98. The van der Waals surface area contributed by atoms with Crippen molar-refractivity contribution < 1.29 is 17.9 Å². The molecule has 26 heavy (non-hydrogen) atoms. The molecule has 0 fully saturated rings. The fourth-order valence-corrected chi connectivity index (χ4v) is 4.16. The molecule has 0 saturated carbocycles. The molecule has 0 bridgehead atoms. The van der Waals surface area contributed by atoms with Crippen molar-refractivity contribution in [1.29, 1.82) is 0 Å². The highest BCUT2D eigenvalue weighted by molar-refractivity contribution is 7.91. The second-order valence-electron chi connectivity index (χ2n) is 6.14. The number of anilines is 1. The molecule has 7 heteroatoms. The van der Waals surface area contributed by atoms with Crippen LogP contribution in [0.4, 0.5) is 5.69 Å². The fourth-order valence-electron chi connectivity index (χ4n) is 2.93. The van der Waals surface area contributed by atoms with Crippen molar-refractivity contribution in [3.8, 4) is 5.75 Å². The van der Waals surface area contributed by atoms with Crippen LogP contribution < -0.4 is 10.1 Å². The van der Waals surface area contributed by atoms with Gasteiger partial charge >= 0.3 is 0 Å². The molecule has 6 nitrogen and oxygen atoms in total. The largest absolute Gasteiger partial charge is 0.497 e. The van der Waals surface area contributed by atoms with Crippen LogP contribution in [0.2, 0.25) is 0 Å². The number of benzene rings is 2. The number of hydrogen-bond donors (Lipinski definition) is 1. The van der Waals surface area contributed by atoms with Crippen LogP contribution in [0.3, 0.4) is 0 Å². The maximum atomic E-state index is 12.6. The van der Waals surface area contributed by atoms with Crippen LogP contribution in [-0.2, 0) is 21.2 Å². The summed E-state index contributed by atoms with van der Waals surface area (Å²) in [4.78, 5) is 14.5. The molecule has 1 aliphatic heterocycles. The van der Waals surface area contributed by atoms with Crippen molar-refractivity contribution in [2.45, 2.75) is 17.9 Å². The van der Waals surface area contributed by atoms with Crippen LogP contribution >= 0.6 is 0 Å². The molecule has 1 amide bonds. The van der Waals surface area contributed by atoms with Crippen LogP contribution in [-0.4, -0.2) is 45.2 Å². The van der Waals surface area contributed by atoms with Gasteiger partial charge in [0.05, 0.1) is 17.8 Å². The summed E-state index contributed by atoms with van der Waals surface area (Å²) in [5, 5.41) is 3.29. The number of para-hydroxylation sites is 1. The van der Waals surface area contributed by atoms with Gasteiger partial charge in [-0.2, -0.15) is 0 Å². The van der Waals surface area contributed by atoms with Gasteiger partial charge in [0.15, 0.2) is 9.84 Å². The van der Waals surface area contributed by atoms with E-state index in [0.717, 1.165) is 11.3 Å². The Bertz CT molecular complexity index is 879. The van der Waals surface area contributed by atoms with E-state index in [-0.39, 0.29) is 23.0 Å². The van der Waals surface area contributed by atoms with Gasteiger partial charge in [0, 0.05) is 31.7 Å². The van der Waals surface area contributed by atoms with Gasteiger partial charge in [-0.3, -0.25) is 4.79 Å². The Morgan fingerprint density at radius 1 is 1.15 bits per heavy atom. The van der Waals surface area contributed by atoms with Crippen LogP contribution in [0.5, 0.6) is 5.75 Å². The first-order chi connectivity index (χ1) is 12.5. The highest BCUT2D eigenvalue weighted by atomic mass is 32.2. The molecule has 0 saturated heterocycles. The molecule has 0 aliphatic carbocycles. The SMILES string of the molecule is COc1ccc(S(=O)(=O)CCC(=O)N2CCNc3ccccc3C2)cc1. The van der Waals surface area contributed by atoms with E-state index in [4.69, 9.17) is 4.74 Å². The van der Waals surface area contributed by atoms with Crippen LogP contribution in [0.1, 0.15) is 12.0 Å². The lowest BCUT2D eigenvalue weighted by atomic mass is 10.1. The number of hydrogen-bond acceptors (Lipinski definition) is 5. The van der Waals surface area contributed by atoms with Gasteiger partial charge in [0.2, 0.25) is 5.91 Å². The standard InChI is InChI=1S/C19H22N2O4S/c1-25-16-6-8-17(9-7-16)26(23,24)13-10-19(22)21-12-11-20-18-5-3-2-4-15(18)14-21/h2-9,20H,10-14H2,1H3. The van der Waals surface area contributed by atoms with Gasteiger partial charge < -0.3 is 15.0 Å². The molecule has 3 rings (SSSR count). The molecule has 0 radical (unpaired) electrons. The molecule has 1 N–H and O–H groups in total. The van der Waals surface area contributed by atoms with Crippen molar-refractivity contribution in [2.24, 2.45) is 0 Å². The zero-order valence-corrected chi connectivity index (χ0v) is 15.5. The molecule has 0 atom stereocenters. The van der Waals surface area contributed by atoms with E-state index >= 15 is 0 Å². The summed E-state index contributed by atoms with van der Waals surface area (Å²) in [6.45, 7) is 1.69. The smallest absolute Gasteiger partial charge is 0.223 e. The molecule has 0 unspecified atom stereocenters. The highest BCUT2D eigenvalue weighted by Gasteiger charge is 2.22. The quantitative estimate of drug-likeness (QED) is 0.869. The minimum atomic E-state index is -3.51. The van der Waals surface area contributed by atoms with Gasteiger partial charge in [-0.25, -0.2) is 8.42 Å². The third-order valence-corrected chi connectivity index (χ3v) is 6.16. The van der Waals surface area contributed by atoms with Gasteiger partial charge in [-0.05, 0) is 35.9 Å². The Morgan fingerprint density at radius 3 is 2.62 bits per heavy atom. The molecule has 2 aromatic rings. The van der Waals surface area contributed by atoms with Gasteiger partial charge in [-0.15, -0.1) is 0 Å². The molecular formula is C19H22N2O4S. The summed E-state index contributed by atoms with van der Waals surface area (Å²) in [5.74, 6) is 0.236. The van der Waals surface area contributed by atoms with Crippen molar-refractivity contribution in [1.82, 2.24) is 4.90 Å². The zero-order valence-electron chi connectivity index (χ0n) is 14.6. The minimum absolute atomic E-state index is 0.0312. The van der Waals surface area contributed by atoms with Crippen LogP contribution in [0.25, 0.3) is 0 Å². The summed E-state index contributed by atoms with van der Waals surface area (Å²) >= 11 is 0. The Hall–Kier alpha value is -2.54. The van der Waals surface area contributed by atoms with E-state index in [2.05, 4.69) is 5.32 Å². The van der Waals surface area contributed by atoms with Crippen LogP contribution in [0, 0.1) is 0 Å². The second-order valence-corrected chi connectivity index (χ2v) is 8.25. The van der Waals surface area contributed by atoms with E-state index < -0.39 is 9.84 Å².